The molecule has 1 aliphatic rings. The quantitative estimate of drug-likeness (QED) is 0.896. The summed E-state index contributed by atoms with van der Waals surface area (Å²) in [6.07, 6.45) is 2.53. The van der Waals surface area contributed by atoms with Crippen LogP contribution in [0.5, 0.6) is 0 Å². The first kappa shape index (κ1) is 16.6. The van der Waals surface area contributed by atoms with Gasteiger partial charge in [-0.05, 0) is 31.0 Å². The van der Waals surface area contributed by atoms with Gasteiger partial charge in [-0.1, -0.05) is 22.9 Å². The molecular formula is C14H16ClN3O3S2. The summed E-state index contributed by atoms with van der Waals surface area (Å²) < 4.78 is 25.5. The second-order valence-corrected chi connectivity index (χ2v) is 9.03. The van der Waals surface area contributed by atoms with Gasteiger partial charge in [-0.25, -0.2) is 17.7 Å². The predicted molar refractivity (Wildman–Crippen MR) is 92.4 cm³/mol. The van der Waals surface area contributed by atoms with Crippen molar-refractivity contribution in [3.8, 4) is 0 Å². The monoisotopic (exact) mass is 373 g/mol. The Bertz CT molecular complexity index is 850. The van der Waals surface area contributed by atoms with Gasteiger partial charge in [0.25, 0.3) is 0 Å². The number of nitrogens with zero attached hydrogens (tertiary/aromatic N) is 2. The Balaban J connectivity index is 1.72. The van der Waals surface area contributed by atoms with Gasteiger partial charge in [-0.3, -0.25) is 4.79 Å². The number of thiazole rings is 1. The molecule has 1 aromatic carbocycles. The normalized spacial score (nSPS) is 19.8. The summed E-state index contributed by atoms with van der Waals surface area (Å²) in [6.45, 7) is 0.698. The number of benzene rings is 1. The van der Waals surface area contributed by atoms with E-state index in [1.165, 1.54) is 21.9 Å². The van der Waals surface area contributed by atoms with Crippen molar-refractivity contribution < 1.29 is 13.2 Å². The standard InChI is InChI=1S/C14H16ClN3O3S2/c1-23(20,21)18-6-2-3-9(8-18)13(19)17-14-16-11-5-4-10(15)7-12(11)22-14/h4-5,7,9H,2-3,6,8H2,1H3,(H,16,17,19). The minimum Gasteiger partial charge on any atom is -0.302 e. The van der Waals surface area contributed by atoms with Crippen molar-refractivity contribution in [2.75, 3.05) is 24.7 Å². The van der Waals surface area contributed by atoms with Crippen LogP contribution in [0.2, 0.25) is 5.02 Å². The lowest BCUT2D eigenvalue weighted by molar-refractivity contribution is -0.120. The Morgan fingerprint density at radius 3 is 3.00 bits per heavy atom. The van der Waals surface area contributed by atoms with E-state index in [1.54, 1.807) is 18.2 Å². The number of fused-ring (bicyclic) bond motifs is 1. The molecule has 0 aliphatic carbocycles. The number of amides is 1. The summed E-state index contributed by atoms with van der Waals surface area (Å²) in [7, 11) is -3.26. The lowest BCUT2D eigenvalue weighted by Gasteiger charge is -2.29. The van der Waals surface area contributed by atoms with Gasteiger partial charge in [0, 0.05) is 18.1 Å². The zero-order chi connectivity index (χ0) is 16.6. The highest BCUT2D eigenvalue weighted by molar-refractivity contribution is 7.88. The van der Waals surface area contributed by atoms with Crippen molar-refractivity contribution >= 4 is 54.2 Å². The molecule has 1 atom stereocenters. The number of aromatic nitrogens is 1. The fourth-order valence-corrected chi connectivity index (χ4v) is 4.67. The van der Waals surface area contributed by atoms with Crippen LogP contribution in [0.25, 0.3) is 10.2 Å². The fraction of sp³-hybridized carbons (Fsp3) is 0.429. The van der Waals surface area contributed by atoms with Crippen molar-refractivity contribution in [2.24, 2.45) is 5.92 Å². The molecule has 1 aromatic heterocycles. The average Bonchev–Trinajstić information content (AvgIpc) is 2.87. The third kappa shape index (κ3) is 3.82. The topological polar surface area (TPSA) is 79.4 Å². The van der Waals surface area contributed by atoms with Crippen LogP contribution in [-0.2, 0) is 14.8 Å². The average molecular weight is 374 g/mol. The van der Waals surface area contributed by atoms with Crippen molar-refractivity contribution in [1.29, 1.82) is 0 Å². The van der Waals surface area contributed by atoms with Crippen molar-refractivity contribution in [3.63, 3.8) is 0 Å². The molecule has 2 aromatic rings. The second-order valence-electron chi connectivity index (χ2n) is 5.58. The lowest BCUT2D eigenvalue weighted by Crippen LogP contribution is -2.43. The molecule has 1 saturated heterocycles. The number of rotatable bonds is 3. The third-order valence-electron chi connectivity index (χ3n) is 3.80. The minimum absolute atomic E-state index is 0.191. The van der Waals surface area contributed by atoms with Crippen molar-refractivity contribution in [2.45, 2.75) is 12.8 Å². The number of carbonyl (C=O) groups excluding carboxylic acids is 1. The maximum atomic E-state index is 12.4. The number of nitrogens with one attached hydrogen (secondary N) is 1. The Kier molecular flexibility index (Phi) is 4.59. The molecular weight excluding hydrogens is 358 g/mol. The lowest BCUT2D eigenvalue weighted by atomic mass is 9.99. The summed E-state index contributed by atoms with van der Waals surface area (Å²) in [4.78, 5) is 16.7. The summed E-state index contributed by atoms with van der Waals surface area (Å²) in [6, 6.07) is 5.35. The highest BCUT2D eigenvalue weighted by Gasteiger charge is 2.30. The molecule has 6 nitrogen and oxygen atoms in total. The van der Waals surface area contributed by atoms with Gasteiger partial charge in [0.1, 0.15) is 0 Å². The highest BCUT2D eigenvalue weighted by atomic mass is 35.5. The van der Waals surface area contributed by atoms with Crippen molar-refractivity contribution in [1.82, 2.24) is 9.29 Å². The van der Waals surface area contributed by atoms with Gasteiger partial charge in [0.15, 0.2) is 5.13 Å². The molecule has 2 heterocycles. The fourth-order valence-electron chi connectivity index (χ4n) is 2.62. The molecule has 3 rings (SSSR count). The van der Waals surface area contributed by atoms with E-state index in [1.807, 2.05) is 0 Å². The molecule has 1 amide bonds. The Morgan fingerprint density at radius 2 is 2.26 bits per heavy atom. The van der Waals surface area contributed by atoms with Crippen LogP contribution in [0, 0.1) is 5.92 Å². The number of anilines is 1. The Hall–Kier alpha value is -1.22. The summed E-state index contributed by atoms with van der Waals surface area (Å²) >= 11 is 7.29. The second kappa shape index (κ2) is 6.35. The zero-order valence-corrected chi connectivity index (χ0v) is 14.8. The number of hydrogen-bond donors (Lipinski definition) is 1. The van der Waals surface area contributed by atoms with Gasteiger partial charge in [-0.15, -0.1) is 0 Å². The number of carbonyl (C=O) groups is 1. The van der Waals surface area contributed by atoms with Crippen LogP contribution in [0.4, 0.5) is 5.13 Å². The van der Waals surface area contributed by atoms with E-state index in [9.17, 15) is 13.2 Å². The van der Waals surface area contributed by atoms with Crippen LogP contribution in [0.3, 0.4) is 0 Å². The maximum Gasteiger partial charge on any atom is 0.230 e. The first-order valence-electron chi connectivity index (χ1n) is 7.15. The molecule has 0 bridgehead atoms. The smallest absolute Gasteiger partial charge is 0.230 e. The van der Waals surface area contributed by atoms with Crippen molar-refractivity contribution in [3.05, 3.63) is 23.2 Å². The van der Waals surface area contributed by atoms with Gasteiger partial charge in [0.05, 0.1) is 22.4 Å². The summed E-state index contributed by atoms with van der Waals surface area (Å²) in [5, 5.41) is 3.92. The summed E-state index contributed by atoms with van der Waals surface area (Å²) in [5.74, 6) is -0.544. The van der Waals surface area contributed by atoms with E-state index >= 15 is 0 Å². The molecule has 1 fully saturated rings. The highest BCUT2D eigenvalue weighted by Crippen LogP contribution is 2.29. The van der Waals surface area contributed by atoms with Crippen LogP contribution in [0.1, 0.15) is 12.8 Å². The van der Waals surface area contributed by atoms with E-state index in [4.69, 9.17) is 11.6 Å². The SMILES string of the molecule is CS(=O)(=O)N1CCCC(C(=O)Nc2nc3ccc(Cl)cc3s2)C1. The summed E-state index contributed by atoms with van der Waals surface area (Å²) in [5.41, 5.74) is 0.774. The van der Waals surface area contributed by atoms with E-state index in [-0.39, 0.29) is 18.4 Å². The number of piperidine rings is 1. The molecule has 1 unspecified atom stereocenters. The molecule has 9 heteroatoms. The third-order valence-corrected chi connectivity index (χ3v) is 6.24. The van der Waals surface area contributed by atoms with Crippen LogP contribution in [0.15, 0.2) is 18.2 Å². The zero-order valence-electron chi connectivity index (χ0n) is 12.5. The molecule has 0 spiro atoms. The molecule has 0 radical (unpaired) electrons. The van der Waals surface area contributed by atoms with Gasteiger partial charge < -0.3 is 5.32 Å². The molecule has 124 valence electrons. The van der Waals surface area contributed by atoms with Crippen LogP contribution >= 0.6 is 22.9 Å². The van der Waals surface area contributed by atoms with E-state index in [0.29, 0.717) is 29.5 Å². The number of sulfonamides is 1. The van der Waals surface area contributed by atoms with E-state index in [0.717, 1.165) is 10.2 Å². The molecule has 1 N–H and O–H groups in total. The van der Waals surface area contributed by atoms with E-state index in [2.05, 4.69) is 10.3 Å². The largest absolute Gasteiger partial charge is 0.302 e. The van der Waals surface area contributed by atoms with E-state index < -0.39 is 10.0 Å². The number of hydrogen-bond acceptors (Lipinski definition) is 5. The van der Waals surface area contributed by atoms with Crippen LogP contribution < -0.4 is 5.32 Å². The van der Waals surface area contributed by atoms with Gasteiger partial charge in [-0.2, -0.15) is 0 Å². The van der Waals surface area contributed by atoms with Crippen LogP contribution in [-0.4, -0.2) is 43.0 Å². The molecule has 23 heavy (non-hydrogen) atoms. The number of halogens is 1. The first-order chi connectivity index (χ1) is 10.8. The molecule has 1 aliphatic heterocycles. The minimum atomic E-state index is -3.26. The Morgan fingerprint density at radius 1 is 1.48 bits per heavy atom. The first-order valence-corrected chi connectivity index (χ1v) is 10.2. The van der Waals surface area contributed by atoms with Gasteiger partial charge >= 0.3 is 0 Å². The Labute approximate surface area is 143 Å². The maximum absolute atomic E-state index is 12.4. The molecule has 0 saturated carbocycles. The van der Waals surface area contributed by atoms with Gasteiger partial charge in [0.2, 0.25) is 15.9 Å². The predicted octanol–water partition coefficient (Wildman–Crippen LogP) is 2.56.